The van der Waals surface area contributed by atoms with Crippen LogP contribution in [0.3, 0.4) is 0 Å². The Morgan fingerprint density at radius 2 is 2.07 bits per heavy atom. The quantitative estimate of drug-likeness (QED) is 0.846. The normalized spacial score (nSPS) is 18.3. The monoisotopic (exact) mass is 383 g/mol. The van der Waals surface area contributed by atoms with Crippen LogP contribution in [-0.4, -0.2) is 47.9 Å². The molecule has 1 aliphatic rings. The molecular formula is C18H20F3N3O3. The van der Waals surface area contributed by atoms with Crippen LogP contribution < -0.4 is 5.32 Å². The number of nitrogens with zero attached hydrogens (tertiary/aromatic N) is 2. The van der Waals surface area contributed by atoms with E-state index in [2.05, 4.69) is 10.3 Å². The van der Waals surface area contributed by atoms with Gasteiger partial charge in [0.25, 0.3) is 0 Å². The third kappa shape index (κ3) is 4.60. The number of halogens is 3. The molecule has 1 aromatic carbocycles. The van der Waals surface area contributed by atoms with Gasteiger partial charge in [0.05, 0.1) is 12.3 Å². The predicted octanol–water partition coefficient (Wildman–Crippen LogP) is 4.14. The van der Waals surface area contributed by atoms with Gasteiger partial charge in [0, 0.05) is 30.8 Å². The summed E-state index contributed by atoms with van der Waals surface area (Å²) >= 11 is 0. The van der Waals surface area contributed by atoms with Crippen LogP contribution in [0.25, 0.3) is 11.5 Å². The molecule has 2 heterocycles. The average molecular weight is 383 g/mol. The van der Waals surface area contributed by atoms with Crippen molar-refractivity contribution in [3.05, 3.63) is 35.7 Å². The molecule has 0 spiro atoms. The largest absolute Gasteiger partial charge is 0.444 e. The Balaban J connectivity index is 1.69. The highest BCUT2D eigenvalue weighted by Crippen LogP contribution is 2.28. The number of hydrogen-bond donors (Lipinski definition) is 1. The molecule has 6 nitrogen and oxygen atoms in total. The number of ether oxygens (including phenoxy) is 1. The zero-order chi connectivity index (χ0) is 19.6. The van der Waals surface area contributed by atoms with E-state index in [0.717, 1.165) is 16.8 Å². The Hall–Kier alpha value is -2.55. The minimum atomic E-state index is -4.42. The van der Waals surface area contributed by atoms with Crippen LogP contribution in [0.15, 0.2) is 28.9 Å². The lowest BCUT2D eigenvalue weighted by Crippen LogP contribution is -2.37. The van der Waals surface area contributed by atoms with Crippen molar-refractivity contribution >= 4 is 11.7 Å². The zero-order valence-electron chi connectivity index (χ0n) is 15.0. The number of alkyl halides is 3. The molecule has 0 bridgehead atoms. The van der Waals surface area contributed by atoms with E-state index in [-0.39, 0.29) is 26.1 Å². The fourth-order valence-corrected chi connectivity index (χ4v) is 2.85. The van der Waals surface area contributed by atoms with Crippen molar-refractivity contribution in [1.29, 1.82) is 0 Å². The van der Waals surface area contributed by atoms with Gasteiger partial charge < -0.3 is 19.4 Å². The van der Waals surface area contributed by atoms with Crippen molar-refractivity contribution in [3.8, 4) is 11.5 Å². The van der Waals surface area contributed by atoms with Gasteiger partial charge in [-0.05, 0) is 31.5 Å². The number of aromatic nitrogens is 1. The molecule has 0 saturated carbocycles. The van der Waals surface area contributed by atoms with Crippen LogP contribution in [-0.2, 0) is 4.74 Å². The number of benzene rings is 1. The highest BCUT2D eigenvalue weighted by molar-refractivity contribution is 5.90. The van der Waals surface area contributed by atoms with Gasteiger partial charge >= 0.3 is 12.2 Å². The number of nitrogens with one attached hydrogen (secondary N) is 1. The molecule has 1 aromatic heterocycles. The molecule has 27 heavy (non-hydrogen) atoms. The summed E-state index contributed by atoms with van der Waals surface area (Å²) in [6, 6.07) is 4.79. The number of anilines is 1. The van der Waals surface area contributed by atoms with Crippen LogP contribution >= 0.6 is 0 Å². The van der Waals surface area contributed by atoms with Crippen molar-refractivity contribution in [2.45, 2.75) is 32.5 Å². The Morgan fingerprint density at radius 1 is 1.30 bits per heavy atom. The van der Waals surface area contributed by atoms with Gasteiger partial charge in [-0.15, -0.1) is 0 Å². The fourth-order valence-electron chi connectivity index (χ4n) is 2.85. The van der Waals surface area contributed by atoms with Crippen molar-refractivity contribution in [1.82, 2.24) is 9.88 Å². The van der Waals surface area contributed by atoms with Gasteiger partial charge in [-0.25, -0.2) is 9.78 Å². The molecule has 1 atom stereocenters. The van der Waals surface area contributed by atoms with E-state index in [9.17, 15) is 18.0 Å². The molecule has 146 valence electrons. The van der Waals surface area contributed by atoms with Crippen molar-refractivity contribution in [3.63, 3.8) is 0 Å². The number of oxazole rings is 1. The minimum absolute atomic E-state index is 0.0341. The number of rotatable bonds is 2. The van der Waals surface area contributed by atoms with Crippen molar-refractivity contribution in [2.24, 2.45) is 0 Å². The van der Waals surface area contributed by atoms with Crippen LogP contribution in [0.4, 0.5) is 23.7 Å². The number of hydrogen-bond acceptors (Lipinski definition) is 4. The van der Waals surface area contributed by atoms with Crippen LogP contribution in [0, 0.1) is 13.8 Å². The molecule has 1 aliphatic heterocycles. The second-order valence-corrected chi connectivity index (χ2v) is 6.43. The number of aryl methyl sites for hydroxylation is 2. The SMILES string of the molecule is Cc1coc(-c2cc(NC(=O)N3CCO[C@H](C(F)(F)F)CC3)ccc2C)n1. The standard InChI is InChI=1S/C18H20F3N3O3/c1-11-3-4-13(9-14(11)16-22-12(2)10-27-16)23-17(25)24-6-5-15(18(19,20)21)26-8-7-24/h3-4,9-10,15H,5-8H2,1-2H3,(H,23,25)/t15-/m0/s1. The van der Waals surface area contributed by atoms with E-state index in [1.54, 1.807) is 12.1 Å². The molecule has 0 unspecified atom stereocenters. The molecule has 9 heteroatoms. The summed E-state index contributed by atoms with van der Waals surface area (Å²) in [5, 5.41) is 2.72. The topological polar surface area (TPSA) is 67.6 Å². The first-order chi connectivity index (χ1) is 12.7. The first kappa shape index (κ1) is 19.2. The summed E-state index contributed by atoms with van der Waals surface area (Å²) < 4.78 is 48.6. The number of amides is 2. The van der Waals surface area contributed by atoms with Crippen LogP contribution in [0.1, 0.15) is 17.7 Å². The Morgan fingerprint density at radius 3 is 2.74 bits per heavy atom. The number of carbonyl (C=O) groups excluding carboxylic acids is 1. The summed E-state index contributed by atoms with van der Waals surface area (Å²) in [7, 11) is 0. The van der Waals surface area contributed by atoms with E-state index >= 15 is 0 Å². The second kappa shape index (κ2) is 7.59. The van der Waals surface area contributed by atoms with E-state index in [1.807, 2.05) is 19.9 Å². The van der Waals surface area contributed by atoms with Gasteiger partial charge in [-0.2, -0.15) is 13.2 Å². The molecule has 2 amide bonds. The maximum Gasteiger partial charge on any atom is 0.414 e. The van der Waals surface area contributed by atoms with E-state index in [1.165, 1.54) is 11.2 Å². The van der Waals surface area contributed by atoms with Gasteiger partial charge in [0.15, 0.2) is 6.10 Å². The summed E-state index contributed by atoms with van der Waals surface area (Å²) in [6.07, 6.45) is -5.01. The Bertz CT molecular complexity index is 820. The van der Waals surface area contributed by atoms with Crippen LogP contribution in [0.2, 0.25) is 0 Å². The Labute approximate surface area is 154 Å². The van der Waals surface area contributed by atoms with Crippen LogP contribution in [0.5, 0.6) is 0 Å². The minimum Gasteiger partial charge on any atom is -0.444 e. The van der Waals surface area contributed by atoms with Gasteiger partial charge in [-0.1, -0.05) is 6.07 Å². The summed E-state index contributed by atoms with van der Waals surface area (Å²) in [6.45, 7) is 3.60. The molecular weight excluding hydrogens is 363 g/mol. The summed E-state index contributed by atoms with van der Waals surface area (Å²) in [5.74, 6) is 0.442. The Kier molecular flexibility index (Phi) is 5.41. The molecule has 0 radical (unpaired) electrons. The molecule has 1 saturated heterocycles. The lowest BCUT2D eigenvalue weighted by atomic mass is 10.1. The molecule has 0 aliphatic carbocycles. The summed E-state index contributed by atoms with van der Waals surface area (Å²) in [5.41, 5.74) is 2.90. The van der Waals surface area contributed by atoms with E-state index in [0.29, 0.717) is 11.6 Å². The van der Waals surface area contributed by atoms with Gasteiger partial charge in [-0.3, -0.25) is 0 Å². The fraction of sp³-hybridized carbons (Fsp3) is 0.444. The zero-order valence-corrected chi connectivity index (χ0v) is 15.0. The predicted molar refractivity (Wildman–Crippen MR) is 92.4 cm³/mol. The smallest absolute Gasteiger partial charge is 0.414 e. The maximum atomic E-state index is 12.8. The van der Waals surface area contributed by atoms with E-state index in [4.69, 9.17) is 9.15 Å². The third-order valence-electron chi connectivity index (χ3n) is 4.33. The first-order valence-corrected chi connectivity index (χ1v) is 8.51. The molecule has 2 aromatic rings. The highest BCUT2D eigenvalue weighted by Gasteiger charge is 2.41. The van der Waals surface area contributed by atoms with Gasteiger partial charge in [0.2, 0.25) is 5.89 Å². The lowest BCUT2D eigenvalue weighted by Gasteiger charge is -2.21. The summed E-state index contributed by atoms with van der Waals surface area (Å²) in [4.78, 5) is 18.1. The molecule has 1 fully saturated rings. The highest BCUT2D eigenvalue weighted by atomic mass is 19.4. The number of carbonyl (C=O) groups is 1. The van der Waals surface area contributed by atoms with Gasteiger partial charge in [0.1, 0.15) is 6.26 Å². The maximum absolute atomic E-state index is 12.8. The van der Waals surface area contributed by atoms with E-state index < -0.39 is 18.3 Å². The average Bonchev–Trinajstić information content (AvgIpc) is 2.87. The van der Waals surface area contributed by atoms with Crippen molar-refractivity contribution in [2.75, 3.05) is 25.0 Å². The van der Waals surface area contributed by atoms with Crippen molar-refractivity contribution < 1.29 is 27.1 Å². The third-order valence-corrected chi connectivity index (χ3v) is 4.33. The molecule has 3 rings (SSSR count). The first-order valence-electron chi connectivity index (χ1n) is 8.51. The number of urea groups is 1. The second-order valence-electron chi connectivity index (χ2n) is 6.43. The molecule has 1 N–H and O–H groups in total. The lowest BCUT2D eigenvalue weighted by molar-refractivity contribution is -0.218.